The van der Waals surface area contributed by atoms with Crippen LogP contribution in [0.1, 0.15) is 42.5 Å². The molecule has 2 aromatic rings. The number of fused-ring (bicyclic) bond motifs is 1. The number of anilines is 2. The first-order valence-corrected chi connectivity index (χ1v) is 8.92. The Kier molecular flexibility index (Phi) is 4.27. The maximum absolute atomic E-state index is 10.4. The zero-order valence-corrected chi connectivity index (χ0v) is 15.0. The van der Waals surface area contributed by atoms with E-state index in [1.807, 2.05) is 25.1 Å². The standard InChI is InChI=1S/C19H18ClN5O/c1-10(15-7-12-6-14(20)4-5-16(12)24-18(15)26)23-19-22-9-13(8-21)17(25-19)11-2-3-11/h4-7,9-11,18,24,26H,2-3H2,1H3,(H,22,23,25)/t10-,18?/m0/s1. The van der Waals surface area contributed by atoms with Crippen molar-refractivity contribution in [2.45, 2.75) is 38.0 Å². The summed E-state index contributed by atoms with van der Waals surface area (Å²) in [6, 6.07) is 7.43. The van der Waals surface area contributed by atoms with Crippen molar-refractivity contribution >= 4 is 29.3 Å². The van der Waals surface area contributed by atoms with Crippen LogP contribution in [0.15, 0.2) is 30.0 Å². The van der Waals surface area contributed by atoms with E-state index < -0.39 is 6.23 Å². The van der Waals surface area contributed by atoms with E-state index in [1.54, 1.807) is 12.3 Å². The molecule has 0 bridgehead atoms. The minimum atomic E-state index is -0.813. The summed E-state index contributed by atoms with van der Waals surface area (Å²) in [7, 11) is 0. The number of halogens is 1. The average molecular weight is 368 g/mol. The molecule has 7 heteroatoms. The molecule has 4 rings (SSSR count). The summed E-state index contributed by atoms with van der Waals surface area (Å²) in [6.07, 6.45) is 4.80. The van der Waals surface area contributed by atoms with Crippen molar-refractivity contribution in [2.24, 2.45) is 0 Å². The predicted molar refractivity (Wildman–Crippen MR) is 101 cm³/mol. The van der Waals surface area contributed by atoms with Gasteiger partial charge in [-0.3, -0.25) is 0 Å². The predicted octanol–water partition coefficient (Wildman–Crippen LogP) is 3.51. The number of aliphatic hydroxyl groups excluding tert-OH is 1. The van der Waals surface area contributed by atoms with Gasteiger partial charge in [-0.25, -0.2) is 9.97 Å². The Hall–Kier alpha value is -2.62. The smallest absolute Gasteiger partial charge is 0.223 e. The second-order valence-electron chi connectivity index (χ2n) is 6.67. The molecule has 0 saturated heterocycles. The number of aromatic nitrogens is 2. The molecule has 0 amide bonds. The van der Waals surface area contributed by atoms with E-state index in [1.165, 1.54) is 0 Å². The molecule has 6 nitrogen and oxygen atoms in total. The SMILES string of the molecule is C[C@H](Nc1ncc(C#N)c(C2CC2)n1)C1=Cc2cc(Cl)ccc2NC1O. The van der Waals surface area contributed by atoms with Gasteiger partial charge in [0, 0.05) is 22.2 Å². The van der Waals surface area contributed by atoms with Crippen molar-refractivity contribution in [2.75, 3.05) is 10.6 Å². The molecule has 3 N–H and O–H groups in total. The first-order chi connectivity index (χ1) is 12.5. The molecule has 1 fully saturated rings. The van der Waals surface area contributed by atoms with Crippen molar-refractivity contribution in [3.05, 3.63) is 51.8 Å². The average Bonchev–Trinajstić information content (AvgIpc) is 3.46. The third kappa shape index (κ3) is 3.24. The highest BCUT2D eigenvalue weighted by atomic mass is 35.5. The quantitative estimate of drug-likeness (QED) is 0.765. The Morgan fingerprint density at radius 2 is 2.23 bits per heavy atom. The Balaban J connectivity index is 1.59. The zero-order valence-electron chi connectivity index (χ0n) is 14.2. The van der Waals surface area contributed by atoms with Gasteiger partial charge in [0.05, 0.1) is 23.5 Å². The van der Waals surface area contributed by atoms with Gasteiger partial charge in [0.2, 0.25) is 5.95 Å². The van der Waals surface area contributed by atoms with Gasteiger partial charge >= 0.3 is 0 Å². The molecule has 1 saturated carbocycles. The Bertz CT molecular complexity index is 932. The van der Waals surface area contributed by atoms with Crippen molar-refractivity contribution in [1.82, 2.24) is 9.97 Å². The van der Waals surface area contributed by atoms with Crippen LogP contribution in [0, 0.1) is 11.3 Å². The lowest BCUT2D eigenvalue weighted by Gasteiger charge is -2.28. The molecule has 2 aliphatic rings. The maximum Gasteiger partial charge on any atom is 0.223 e. The number of nitrogens with zero attached hydrogens (tertiary/aromatic N) is 3. The molecule has 2 heterocycles. The van der Waals surface area contributed by atoms with Gasteiger partial charge in [-0.15, -0.1) is 0 Å². The zero-order chi connectivity index (χ0) is 18.3. The molecule has 26 heavy (non-hydrogen) atoms. The van der Waals surface area contributed by atoms with E-state index in [0.717, 1.165) is 35.4 Å². The molecule has 0 spiro atoms. The minimum absolute atomic E-state index is 0.204. The fourth-order valence-corrected chi connectivity index (χ4v) is 3.31. The highest BCUT2D eigenvalue weighted by molar-refractivity contribution is 6.30. The third-order valence-corrected chi connectivity index (χ3v) is 4.93. The second kappa shape index (κ2) is 6.60. The normalized spacial score (nSPS) is 19.6. The summed E-state index contributed by atoms with van der Waals surface area (Å²) >= 11 is 6.07. The Labute approximate surface area is 156 Å². The monoisotopic (exact) mass is 367 g/mol. The molecule has 1 unspecified atom stereocenters. The minimum Gasteiger partial charge on any atom is -0.370 e. The van der Waals surface area contributed by atoms with Crippen molar-refractivity contribution in [3.63, 3.8) is 0 Å². The van der Waals surface area contributed by atoms with Crippen LogP contribution in [-0.4, -0.2) is 27.3 Å². The third-order valence-electron chi connectivity index (χ3n) is 4.69. The molecule has 2 atom stereocenters. The van der Waals surface area contributed by atoms with Crippen LogP contribution in [0.25, 0.3) is 6.08 Å². The van der Waals surface area contributed by atoms with Gasteiger partial charge < -0.3 is 15.7 Å². The summed E-state index contributed by atoms with van der Waals surface area (Å²) in [5.74, 6) is 0.821. The lowest BCUT2D eigenvalue weighted by molar-refractivity contribution is 0.234. The number of hydrogen-bond acceptors (Lipinski definition) is 6. The van der Waals surface area contributed by atoms with E-state index in [2.05, 4.69) is 26.7 Å². The van der Waals surface area contributed by atoms with Crippen LogP contribution >= 0.6 is 11.6 Å². The number of nitrogens with one attached hydrogen (secondary N) is 2. The van der Waals surface area contributed by atoms with Crippen LogP contribution in [0.4, 0.5) is 11.6 Å². The summed E-state index contributed by atoms with van der Waals surface area (Å²) in [6.45, 7) is 1.94. The van der Waals surface area contributed by atoms with E-state index in [-0.39, 0.29) is 6.04 Å². The fraction of sp³-hybridized carbons (Fsp3) is 0.316. The lowest BCUT2D eigenvalue weighted by Crippen LogP contribution is -2.34. The summed E-state index contributed by atoms with van der Waals surface area (Å²) in [5.41, 5.74) is 3.87. The summed E-state index contributed by atoms with van der Waals surface area (Å²) < 4.78 is 0. The highest BCUT2D eigenvalue weighted by Gasteiger charge is 2.29. The number of benzene rings is 1. The molecule has 1 aromatic carbocycles. The molecule has 1 aliphatic carbocycles. The van der Waals surface area contributed by atoms with Gasteiger partial charge in [0.15, 0.2) is 0 Å². The van der Waals surface area contributed by atoms with E-state index in [4.69, 9.17) is 11.6 Å². The van der Waals surface area contributed by atoms with Gasteiger partial charge in [-0.1, -0.05) is 11.6 Å². The number of rotatable bonds is 4. The number of aliphatic hydroxyl groups is 1. The number of hydrogen-bond donors (Lipinski definition) is 3. The van der Waals surface area contributed by atoms with Crippen molar-refractivity contribution < 1.29 is 5.11 Å². The van der Waals surface area contributed by atoms with Crippen LogP contribution < -0.4 is 10.6 Å². The van der Waals surface area contributed by atoms with Crippen LogP contribution in [0.2, 0.25) is 5.02 Å². The second-order valence-corrected chi connectivity index (χ2v) is 7.10. The highest BCUT2D eigenvalue weighted by Crippen LogP contribution is 2.40. The van der Waals surface area contributed by atoms with E-state index in [0.29, 0.717) is 22.5 Å². The summed E-state index contributed by atoms with van der Waals surface area (Å²) in [5, 5.41) is 26.6. The summed E-state index contributed by atoms with van der Waals surface area (Å²) in [4.78, 5) is 8.77. The van der Waals surface area contributed by atoms with Crippen LogP contribution in [0.3, 0.4) is 0 Å². The van der Waals surface area contributed by atoms with Gasteiger partial charge in [-0.2, -0.15) is 5.26 Å². The molecular weight excluding hydrogens is 350 g/mol. The molecule has 0 radical (unpaired) electrons. The van der Waals surface area contributed by atoms with E-state index >= 15 is 0 Å². The fourth-order valence-electron chi connectivity index (χ4n) is 3.13. The molecular formula is C19H18ClN5O. The van der Waals surface area contributed by atoms with Gasteiger partial charge in [0.25, 0.3) is 0 Å². The van der Waals surface area contributed by atoms with Crippen LogP contribution in [0.5, 0.6) is 0 Å². The Morgan fingerprint density at radius 1 is 1.42 bits per heavy atom. The van der Waals surface area contributed by atoms with Gasteiger partial charge in [0.1, 0.15) is 12.3 Å². The van der Waals surface area contributed by atoms with E-state index in [9.17, 15) is 10.4 Å². The van der Waals surface area contributed by atoms with Crippen molar-refractivity contribution in [3.8, 4) is 6.07 Å². The largest absolute Gasteiger partial charge is 0.370 e. The first-order valence-electron chi connectivity index (χ1n) is 8.54. The first kappa shape index (κ1) is 16.8. The maximum atomic E-state index is 10.4. The Morgan fingerprint density at radius 3 is 2.96 bits per heavy atom. The van der Waals surface area contributed by atoms with Crippen molar-refractivity contribution in [1.29, 1.82) is 5.26 Å². The molecule has 1 aromatic heterocycles. The molecule has 132 valence electrons. The number of nitriles is 1. The van der Waals surface area contributed by atoms with Crippen LogP contribution in [-0.2, 0) is 0 Å². The topological polar surface area (TPSA) is 93.9 Å². The molecule has 1 aliphatic heterocycles. The lowest BCUT2D eigenvalue weighted by atomic mass is 9.98. The van der Waals surface area contributed by atoms with Gasteiger partial charge in [-0.05, 0) is 49.6 Å².